The Labute approximate surface area is 82.7 Å². The first-order chi connectivity index (χ1) is 6.19. The van der Waals surface area contributed by atoms with E-state index in [1.807, 2.05) is 0 Å². The van der Waals surface area contributed by atoms with Gasteiger partial charge in [-0.2, -0.15) is 0 Å². The Morgan fingerprint density at radius 1 is 1.23 bits per heavy atom. The van der Waals surface area contributed by atoms with Crippen LogP contribution in [-0.2, 0) is 0 Å². The van der Waals surface area contributed by atoms with Gasteiger partial charge < -0.3 is 0 Å². The van der Waals surface area contributed by atoms with Crippen molar-refractivity contribution in [1.29, 1.82) is 0 Å². The van der Waals surface area contributed by atoms with Crippen molar-refractivity contribution in [1.82, 2.24) is 0 Å². The molecule has 0 heterocycles. The van der Waals surface area contributed by atoms with Gasteiger partial charge in [0.25, 0.3) is 0 Å². The number of rotatable bonds is 4. The van der Waals surface area contributed by atoms with Gasteiger partial charge in [0.15, 0.2) is 0 Å². The number of allylic oxidation sites excluding steroid dienone is 2. The third-order valence-corrected chi connectivity index (χ3v) is 3.84. The highest BCUT2D eigenvalue weighted by Crippen LogP contribution is 2.51. The standard InChI is InChI=1S/C13H22/c1-5-10-13(4)11(6-2)8-9-12(13)7-3/h6-7,11-12H,2-3,5,8-10H2,1,4H3/t11-,12-/m0/s1. The van der Waals surface area contributed by atoms with Crippen LogP contribution in [0.4, 0.5) is 0 Å². The van der Waals surface area contributed by atoms with Gasteiger partial charge >= 0.3 is 0 Å². The summed E-state index contributed by atoms with van der Waals surface area (Å²) in [6, 6.07) is 0. The highest BCUT2D eigenvalue weighted by molar-refractivity contribution is 5.06. The summed E-state index contributed by atoms with van der Waals surface area (Å²) in [5.41, 5.74) is 0.443. The molecule has 2 atom stereocenters. The Bertz CT molecular complexity index is 174. The summed E-state index contributed by atoms with van der Waals surface area (Å²) < 4.78 is 0. The van der Waals surface area contributed by atoms with Crippen LogP contribution in [0, 0.1) is 17.3 Å². The summed E-state index contributed by atoms with van der Waals surface area (Å²) in [4.78, 5) is 0. The van der Waals surface area contributed by atoms with Crippen LogP contribution in [0.1, 0.15) is 39.5 Å². The Hall–Kier alpha value is -0.520. The van der Waals surface area contributed by atoms with Crippen molar-refractivity contribution in [3.63, 3.8) is 0 Å². The van der Waals surface area contributed by atoms with Crippen LogP contribution in [0.5, 0.6) is 0 Å². The monoisotopic (exact) mass is 178 g/mol. The Morgan fingerprint density at radius 3 is 2.00 bits per heavy atom. The molecule has 0 heteroatoms. The zero-order chi connectivity index (χ0) is 9.90. The second-order valence-corrected chi connectivity index (χ2v) is 4.52. The molecule has 0 spiro atoms. The number of hydrogen-bond acceptors (Lipinski definition) is 0. The van der Waals surface area contributed by atoms with Gasteiger partial charge in [-0.1, -0.05) is 32.4 Å². The van der Waals surface area contributed by atoms with Gasteiger partial charge in [0.2, 0.25) is 0 Å². The van der Waals surface area contributed by atoms with Crippen molar-refractivity contribution >= 4 is 0 Å². The van der Waals surface area contributed by atoms with Gasteiger partial charge in [-0.3, -0.25) is 0 Å². The van der Waals surface area contributed by atoms with E-state index in [0.29, 0.717) is 17.3 Å². The van der Waals surface area contributed by atoms with Crippen LogP contribution in [-0.4, -0.2) is 0 Å². The van der Waals surface area contributed by atoms with Crippen molar-refractivity contribution in [3.05, 3.63) is 25.3 Å². The lowest BCUT2D eigenvalue weighted by Gasteiger charge is -2.34. The molecule has 0 aliphatic heterocycles. The second-order valence-electron chi connectivity index (χ2n) is 4.52. The molecule has 13 heavy (non-hydrogen) atoms. The van der Waals surface area contributed by atoms with Gasteiger partial charge in [-0.05, 0) is 36.5 Å². The summed E-state index contributed by atoms with van der Waals surface area (Å²) in [7, 11) is 0. The maximum absolute atomic E-state index is 3.95. The molecule has 1 saturated carbocycles. The molecule has 1 aliphatic carbocycles. The SMILES string of the molecule is C=C[C@H]1CC[C@H](C=C)C1(C)CCC. The molecule has 0 aromatic carbocycles. The van der Waals surface area contributed by atoms with Crippen LogP contribution in [0.15, 0.2) is 25.3 Å². The molecular formula is C13H22. The minimum absolute atomic E-state index is 0.443. The fourth-order valence-corrected chi connectivity index (χ4v) is 2.98. The van der Waals surface area contributed by atoms with Crippen molar-refractivity contribution in [2.45, 2.75) is 39.5 Å². The molecule has 0 amide bonds. The largest absolute Gasteiger partial charge is 0.103 e. The molecule has 0 aromatic rings. The predicted molar refractivity (Wildman–Crippen MR) is 59.6 cm³/mol. The van der Waals surface area contributed by atoms with E-state index in [-0.39, 0.29) is 0 Å². The van der Waals surface area contributed by atoms with E-state index in [1.54, 1.807) is 0 Å². The van der Waals surface area contributed by atoms with Crippen LogP contribution < -0.4 is 0 Å². The fraction of sp³-hybridized carbons (Fsp3) is 0.692. The molecule has 0 saturated heterocycles. The minimum Gasteiger partial charge on any atom is -0.103 e. The molecule has 74 valence electrons. The van der Waals surface area contributed by atoms with Gasteiger partial charge in [0.05, 0.1) is 0 Å². The van der Waals surface area contributed by atoms with E-state index < -0.39 is 0 Å². The second kappa shape index (κ2) is 4.13. The molecule has 0 nitrogen and oxygen atoms in total. The Kier molecular flexibility index (Phi) is 3.35. The lowest BCUT2D eigenvalue weighted by molar-refractivity contribution is 0.199. The molecule has 0 aromatic heterocycles. The van der Waals surface area contributed by atoms with E-state index in [2.05, 4.69) is 39.2 Å². The van der Waals surface area contributed by atoms with Crippen molar-refractivity contribution < 1.29 is 0 Å². The zero-order valence-corrected chi connectivity index (χ0v) is 9.05. The molecular weight excluding hydrogens is 156 g/mol. The van der Waals surface area contributed by atoms with Crippen molar-refractivity contribution in [3.8, 4) is 0 Å². The quantitative estimate of drug-likeness (QED) is 0.566. The zero-order valence-electron chi connectivity index (χ0n) is 9.05. The average Bonchev–Trinajstić information content (AvgIpc) is 2.42. The summed E-state index contributed by atoms with van der Waals surface area (Å²) in [6.07, 6.45) is 9.48. The van der Waals surface area contributed by atoms with Crippen LogP contribution in [0.25, 0.3) is 0 Å². The smallest absolute Gasteiger partial charge is 0.0176 e. The lowest BCUT2D eigenvalue weighted by atomic mass is 9.71. The average molecular weight is 178 g/mol. The van der Waals surface area contributed by atoms with E-state index in [1.165, 1.54) is 25.7 Å². The van der Waals surface area contributed by atoms with Crippen molar-refractivity contribution in [2.75, 3.05) is 0 Å². The van der Waals surface area contributed by atoms with Crippen LogP contribution in [0.3, 0.4) is 0 Å². The lowest BCUT2D eigenvalue weighted by Crippen LogP contribution is -2.26. The first kappa shape index (κ1) is 10.6. The van der Waals surface area contributed by atoms with Crippen LogP contribution in [0.2, 0.25) is 0 Å². The molecule has 1 fully saturated rings. The molecule has 1 rings (SSSR count). The van der Waals surface area contributed by atoms with E-state index in [0.717, 1.165) is 0 Å². The number of hydrogen-bond donors (Lipinski definition) is 0. The normalized spacial score (nSPS) is 31.5. The first-order valence-electron chi connectivity index (χ1n) is 5.44. The topological polar surface area (TPSA) is 0 Å². The van der Waals surface area contributed by atoms with Gasteiger partial charge in [0.1, 0.15) is 0 Å². The molecule has 1 aliphatic rings. The molecule has 0 radical (unpaired) electrons. The fourth-order valence-electron chi connectivity index (χ4n) is 2.98. The van der Waals surface area contributed by atoms with E-state index >= 15 is 0 Å². The van der Waals surface area contributed by atoms with Crippen molar-refractivity contribution in [2.24, 2.45) is 17.3 Å². The third-order valence-electron chi connectivity index (χ3n) is 3.84. The maximum Gasteiger partial charge on any atom is -0.0176 e. The third kappa shape index (κ3) is 1.72. The predicted octanol–water partition coefficient (Wildman–Crippen LogP) is 4.19. The Morgan fingerprint density at radius 2 is 1.69 bits per heavy atom. The summed E-state index contributed by atoms with van der Waals surface area (Å²) >= 11 is 0. The first-order valence-corrected chi connectivity index (χ1v) is 5.44. The highest BCUT2D eigenvalue weighted by atomic mass is 14.5. The van der Waals surface area contributed by atoms with Crippen LogP contribution >= 0.6 is 0 Å². The summed E-state index contributed by atoms with van der Waals surface area (Å²) in [6.45, 7) is 12.6. The summed E-state index contributed by atoms with van der Waals surface area (Å²) in [5.74, 6) is 1.41. The van der Waals surface area contributed by atoms with E-state index in [9.17, 15) is 0 Å². The molecule has 0 unspecified atom stereocenters. The molecule has 0 bridgehead atoms. The van der Waals surface area contributed by atoms with Gasteiger partial charge in [-0.15, -0.1) is 13.2 Å². The minimum atomic E-state index is 0.443. The highest BCUT2D eigenvalue weighted by Gasteiger charge is 2.42. The van der Waals surface area contributed by atoms with Gasteiger partial charge in [0, 0.05) is 0 Å². The summed E-state index contributed by atoms with van der Waals surface area (Å²) in [5, 5.41) is 0. The van der Waals surface area contributed by atoms with Gasteiger partial charge in [-0.25, -0.2) is 0 Å². The maximum atomic E-state index is 3.95. The Balaban J connectivity index is 2.82. The van der Waals surface area contributed by atoms with E-state index in [4.69, 9.17) is 0 Å². The molecule has 0 N–H and O–H groups in total.